The lowest BCUT2D eigenvalue weighted by Crippen LogP contribution is -2.50. The molecule has 2 nitrogen and oxygen atoms in total. The van der Waals surface area contributed by atoms with E-state index in [0.29, 0.717) is 5.78 Å². The van der Waals surface area contributed by atoms with E-state index >= 15 is 0 Å². The van der Waals surface area contributed by atoms with Gasteiger partial charge in [0.1, 0.15) is 0 Å². The first-order chi connectivity index (χ1) is 8.09. The highest BCUT2D eigenvalue weighted by Gasteiger charge is 2.33. The van der Waals surface area contributed by atoms with Crippen LogP contribution in [0.15, 0.2) is 0 Å². The fourth-order valence-corrected chi connectivity index (χ4v) is 2.65. The molecule has 1 aliphatic heterocycles. The fourth-order valence-electron chi connectivity index (χ4n) is 2.65. The van der Waals surface area contributed by atoms with Crippen molar-refractivity contribution >= 4 is 5.78 Å². The number of ketones is 1. The summed E-state index contributed by atoms with van der Waals surface area (Å²) in [7, 11) is 0. The standard InChI is InChI=1S/C15H29NO/c1-4-5-8-11-14(17)15(2,3)16-12-9-6-7-10-13-16/h4-13H2,1-3H3. The van der Waals surface area contributed by atoms with Crippen molar-refractivity contribution in [1.29, 1.82) is 0 Å². The lowest BCUT2D eigenvalue weighted by Gasteiger charge is -2.36. The van der Waals surface area contributed by atoms with Crippen molar-refractivity contribution in [3.05, 3.63) is 0 Å². The predicted octanol–water partition coefficient (Wildman–Crippen LogP) is 3.79. The Bertz CT molecular complexity index is 227. The predicted molar refractivity (Wildman–Crippen MR) is 73.3 cm³/mol. The normalized spacial score (nSPS) is 19.0. The molecule has 0 aliphatic carbocycles. The number of nitrogens with zero attached hydrogens (tertiary/aromatic N) is 1. The third kappa shape index (κ3) is 4.42. The molecule has 0 aromatic carbocycles. The summed E-state index contributed by atoms with van der Waals surface area (Å²) in [5.41, 5.74) is -0.238. The number of hydrogen-bond acceptors (Lipinski definition) is 2. The highest BCUT2D eigenvalue weighted by Crippen LogP contribution is 2.23. The summed E-state index contributed by atoms with van der Waals surface area (Å²) in [5, 5.41) is 0. The molecular weight excluding hydrogens is 210 g/mol. The zero-order valence-corrected chi connectivity index (χ0v) is 11.9. The lowest BCUT2D eigenvalue weighted by molar-refractivity contribution is -0.129. The number of rotatable bonds is 6. The molecule has 1 saturated heterocycles. The Labute approximate surface area is 107 Å². The van der Waals surface area contributed by atoms with Crippen LogP contribution >= 0.6 is 0 Å². The molecule has 0 aromatic heterocycles. The maximum atomic E-state index is 12.3. The molecule has 0 bridgehead atoms. The molecule has 0 radical (unpaired) electrons. The summed E-state index contributed by atoms with van der Waals surface area (Å²) < 4.78 is 0. The van der Waals surface area contributed by atoms with Crippen LogP contribution in [-0.4, -0.2) is 29.3 Å². The second kappa shape index (κ2) is 7.15. The Kier molecular flexibility index (Phi) is 6.18. The van der Waals surface area contributed by atoms with Gasteiger partial charge in [-0.25, -0.2) is 0 Å². The number of Topliss-reactive ketones (excluding diaryl/α,β-unsaturated/α-hetero) is 1. The van der Waals surface area contributed by atoms with Crippen LogP contribution in [0.3, 0.4) is 0 Å². The smallest absolute Gasteiger partial charge is 0.152 e. The molecule has 2 heteroatoms. The van der Waals surface area contributed by atoms with Gasteiger partial charge < -0.3 is 0 Å². The van der Waals surface area contributed by atoms with Gasteiger partial charge in [-0.1, -0.05) is 32.6 Å². The molecular formula is C15H29NO. The van der Waals surface area contributed by atoms with Gasteiger partial charge in [-0.2, -0.15) is 0 Å². The van der Waals surface area contributed by atoms with Crippen LogP contribution in [-0.2, 0) is 4.79 Å². The second-order valence-corrected chi connectivity index (χ2v) is 5.84. The summed E-state index contributed by atoms with van der Waals surface area (Å²) >= 11 is 0. The minimum Gasteiger partial charge on any atom is -0.298 e. The Morgan fingerprint density at radius 2 is 1.65 bits per heavy atom. The average molecular weight is 239 g/mol. The molecule has 0 N–H and O–H groups in total. The molecule has 1 fully saturated rings. The van der Waals surface area contributed by atoms with Crippen LogP contribution in [0.25, 0.3) is 0 Å². The van der Waals surface area contributed by atoms with E-state index in [-0.39, 0.29) is 5.54 Å². The molecule has 17 heavy (non-hydrogen) atoms. The zero-order valence-electron chi connectivity index (χ0n) is 11.9. The van der Waals surface area contributed by atoms with Crippen LogP contribution in [0, 0.1) is 0 Å². The molecule has 100 valence electrons. The highest BCUT2D eigenvalue weighted by molar-refractivity contribution is 5.87. The van der Waals surface area contributed by atoms with Gasteiger partial charge in [0.2, 0.25) is 0 Å². The van der Waals surface area contributed by atoms with Gasteiger partial charge in [0, 0.05) is 6.42 Å². The quantitative estimate of drug-likeness (QED) is 0.657. The summed E-state index contributed by atoms with van der Waals surface area (Å²) in [4.78, 5) is 14.7. The largest absolute Gasteiger partial charge is 0.298 e. The van der Waals surface area contributed by atoms with E-state index in [0.717, 1.165) is 25.9 Å². The van der Waals surface area contributed by atoms with E-state index in [2.05, 4.69) is 25.7 Å². The van der Waals surface area contributed by atoms with E-state index in [1.165, 1.54) is 38.5 Å². The third-order valence-electron chi connectivity index (χ3n) is 4.09. The monoisotopic (exact) mass is 239 g/mol. The van der Waals surface area contributed by atoms with E-state index in [1.54, 1.807) is 0 Å². The van der Waals surface area contributed by atoms with Gasteiger partial charge in [0.25, 0.3) is 0 Å². The minimum absolute atomic E-state index is 0.238. The molecule has 0 atom stereocenters. The highest BCUT2D eigenvalue weighted by atomic mass is 16.1. The van der Waals surface area contributed by atoms with Crippen LogP contribution in [0.5, 0.6) is 0 Å². The fraction of sp³-hybridized carbons (Fsp3) is 0.933. The van der Waals surface area contributed by atoms with Gasteiger partial charge in [-0.3, -0.25) is 9.69 Å². The first kappa shape index (κ1) is 14.7. The van der Waals surface area contributed by atoms with Crippen molar-refractivity contribution in [2.24, 2.45) is 0 Å². The molecule has 1 heterocycles. The number of carbonyl (C=O) groups is 1. The number of likely N-dealkylation sites (tertiary alicyclic amines) is 1. The topological polar surface area (TPSA) is 20.3 Å². The zero-order chi connectivity index (χ0) is 12.7. The summed E-state index contributed by atoms with van der Waals surface area (Å²) in [6.45, 7) is 8.63. The van der Waals surface area contributed by atoms with Gasteiger partial charge in [0.05, 0.1) is 5.54 Å². The van der Waals surface area contributed by atoms with E-state index in [4.69, 9.17) is 0 Å². The van der Waals surface area contributed by atoms with Crippen molar-refractivity contribution in [2.45, 2.75) is 77.7 Å². The molecule has 0 spiro atoms. The van der Waals surface area contributed by atoms with Gasteiger partial charge >= 0.3 is 0 Å². The Morgan fingerprint density at radius 3 is 2.18 bits per heavy atom. The average Bonchev–Trinajstić information content (AvgIpc) is 2.58. The number of unbranched alkanes of at least 4 members (excludes halogenated alkanes) is 2. The van der Waals surface area contributed by atoms with E-state index < -0.39 is 0 Å². The summed E-state index contributed by atoms with van der Waals surface area (Å²) in [6.07, 6.45) is 9.37. The summed E-state index contributed by atoms with van der Waals surface area (Å²) in [6, 6.07) is 0. The molecule has 0 saturated carbocycles. The number of hydrogen-bond donors (Lipinski definition) is 0. The molecule has 1 aliphatic rings. The van der Waals surface area contributed by atoms with Crippen LogP contribution in [0.2, 0.25) is 0 Å². The van der Waals surface area contributed by atoms with Crippen LogP contribution < -0.4 is 0 Å². The molecule has 0 amide bonds. The van der Waals surface area contributed by atoms with Crippen molar-refractivity contribution in [2.75, 3.05) is 13.1 Å². The lowest BCUT2D eigenvalue weighted by atomic mass is 9.92. The Hall–Kier alpha value is -0.370. The molecule has 0 unspecified atom stereocenters. The molecule has 0 aromatic rings. The minimum atomic E-state index is -0.238. The van der Waals surface area contributed by atoms with E-state index in [9.17, 15) is 4.79 Å². The van der Waals surface area contributed by atoms with Crippen molar-refractivity contribution < 1.29 is 4.79 Å². The maximum Gasteiger partial charge on any atom is 0.152 e. The van der Waals surface area contributed by atoms with Crippen LogP contribution in [0.4, 0.5) is 0 Å². The van der Waals surface area contributed by atoms with Crippen molar-refractivity contribution in [3.63, 3.8) is 0 Å². The Balaban J connectivity index is 2.48. The second-order valence-electron chi connectivity index (χ2n) is 5.84. The first-order valence-electron chi connectivity index (χ1n) is 7.37. The maximum absolute atomic E-state index is 12.3. The van der Waals surface area contributed by atoms with Gasteiger partial charge in [-0.05, 0) is 46.2 Å². The van der Waals surface area contributed by atoms with Crippen molar-refractivity contribution in [3.8, 4) is 0 Å². The van der Waals surface area contributed by atoms with Crippen LogP contribution in [0.1, 0.15) is 72.1 Å². The third-order valence-corrected chi connectivity index (χ3v) is 4.09. The van der Waals surface area contributed by atoms with Gasteiger partial charge in [0.15, 0.2) is 5.78 Å². The number of carbonyl (C=O) groups excluding carboxylic acids is 1. The summed E-state index contributed by atoms with van der Waals surface area (Å²) in [5.74, 6) is 0.438. The van der Waals surface area contributed by atoms with Crippen molar-refractivity contribution in [1.82, 2.24) is 4.90 Å². The Morgan fingerprint density at radius 1 is 1.06 bits per heavy atom. The van der Waals surface area contributed by atoms with E-state index in [1.807, 2.05) is 0 Å². The SMILES string of the molecule is CCCCCC(=O)C(C)(C)N1CCCCCC1. The molecule has 1 rings (SSSR count). The van der Waals surface area contributed by atoms with Gasteiger partial charge in [-0.15, -0.1) is 0 Å². The first-order valence-corrected chi connectivity index (χ1v) is 7.37.